The van der Waals surface area contributed by atoms with Gasteiger partial charge >= 0.3 is 0 Å². The van der Waals surface area contributed by atoms with Gasteiger partial charge in [-0.2, -0.15) is 0 Å². The van der Waals surface area contributed by atoms with Gasteiger partial charge in [-0.15, -0.1) is 6.42 Å². The van der Waals surface area contributed by atoms with Gasteiger partial charge in [0.05, 0.1) is 47.7 Å². The molecule has 236 valence electrons. The molecule has 0 radical (unpaired) electrons. The van der Waals surface area contributed by atoms with E-state index < -0.39 is 6.04 Å². The number of methoxy groups -OCH3 is 2. The van der Waals surface area contributed by atoms with Crippen molar-refractivity contribution < 1.29 is 23.7 Å². The fourth-order valence-corrected chi connectivity index (χ4v) is 6.51. The van der Waals surface area contributed by atoms with Crippen LogP contribution in [0.4, 0.5) is 5.69 Å². The number of thiazole rings is 1. The van der Waals surface area contributed by atoms with Crippen LogP contribution in [0.3, 0.4) is 0 Å². The zero-order valence-corrected chi connectivity index (χ0v) is 27.5. The monoisotopic (exact) mass is 657 g/mol. The van der Waals surface area contributed by atoms with Gasteiger partial charge < -0.3 is 24.3 Å². The fourth-order valence-electron chi connectivity index (χ4n) is 5.19. The number of para-hydroxylation sites is 1. The predicted molar refractivity (Wildman–Crippen MR) is 180 cm³/mol. The molecular formula is C35H32ClN3O6S. The quantitative estimate of drug-likeness (QED) is 0.234. The zero-order valence-electron chi connectivity index (χ0n) is 26.0. The average molecular weight is 658 g/mol. The van der Waals surface area contributed by atoms with Gasteiger partial charge in [0.2, 0.25) is 0 Å². The number of nitrogens with one attached hydrogen (secondary N) is 1. The number of carbonyl (C=O) groups excluding carboxylic acids is 1. The molecule has 4 aromatic rings. The molecule has 3 aromatic carbocycles. The number of amides is 1. The van der Waals surface area contributed by atoms with Crippen molar-refractivity contribution in [3.63, 3.8) is 0 Å². The number of hydrogen-bond donors (Lipinski definition) is 1. The Kier molecular flexibility index (Phi) is 9.85. The molecule has 5 rings (SSSR count). The highest BCUT2D eigenvalue weighted by molar-refractivity contribution is 7.07. The van der Waals surface area contributed by atoms with Crippen molar-refractivity contribution >= 4 is 40.6 Å². The molecule has 9 nitrogen and oxygen atoms in total. The van der Waals surface area contributed by atoms with E-state index in [9.17, 15) is 9.59 Å². The first-order valence-electron chi connectivity index (χ1n) is 14.3. The predicted octanol–water partition coefficient (Wildman–Crippen LogP) is 5.26. The lowest BCUT2D eigenvalue weighted by Gasteiger charge is -2.26. The maximum Gasteiger partial charge on any atom is 0.271 e. The van der Waals surface area contributed by atoms with Crippen LogP contribution in [-0.2, 0) is 4.79 Å². The summed E-state index contributed by atoms with van der Waals surface area (Å²) in [7, 11) is 3.08. The van der Waals surface area contributed by atoms with Gasteiger partial charge in [-0.05, 0) is 73.9 Å². The summed E-state index contributed by atoms with van der Waals surface area (Å²) < 4.78 is 24.3. The third-order valence-electron chi connectivity index (χ3n) is 7.31. The van der Waals surface area contributed by atoms with E-state index in [1.54, 1.807) is 44.4 Å². The third-order valence-corrected chi connectivity index (χ3v) is 8.58. The smallest absolute Gasteiger partial charge is 0.271 e. The topological polar surface area (TPSA) is 100 Å². The SMILES string of the molecule is C#CCOc1c(Cl)cc(/C=c2\sc3n(c2=O)[C@H](c2ccc(OC)c(OC)c2)C(C(=O)Nc2ccccc2C)=C(C)N=3)cc1OCC. The van der Waals surface area contributed by atoms with Crippen molar-refractivity contribution in [3.8, 4) is 35.3 Å². The van der Waals surface area contributed by atoms with E-state index in [4.69, 9.17) is 42.0 Å². The molecule has 1 amide bonds. The van der Waals surface area contributed by atoms with Crippen LogP contribution in [0.2, 0.25) is 5.02 Å². The third kappa shape index (κ3) is 6.38. The summed E-state index contributed by atoms with van der Waals surface area (Å²) in [5.74, 6) is 3.75. The van der Waals surface area contributed by atoms with Crippen LogP contribution in [0.5, 0.6) is 23.0 Å². The molecule has 0 spiro atoms. The fraction of sp³-hybridized carbons (Fsp3) is 0.229. The van der Waals surface area contributed by atoms with Gasteiger partial charge in [0.25, 0.3) is 11.5 Å². The molecule has 0 aliphatic carbocycles. The Morgan fingerprint density at radius 1 is 1.09 bits per heavy atom. The minimum absolute atomic E-state index is 0.0208. The number of halogens is 1. The largest absolute Gasteiger partial charge is 0.493 e. The molecule has 1 N–H and O–H groups in total. The molecule has 0 saturated heterocycles. The molecule has 0 unspecified atom stereocenters. The van der Waals surface area contributed by atoms with Crippen molar-refractivity contribution in [2.75, 3.05) is 32.8 Å². The number of fused-ring (bicyclic) bond motifs is 1. The Hall–Kier alpha value is -4.98. The van der Waals surface area contributed by atoms with Gasteiger partial charge in [-0.1, -0.05) is 53.1 Å². The van der Waals surface area contributed by atoms with Gasteiger partial charge in [-0.25, -0.2) is 4.99 Å². The molecule has 1 aliphatic heterocycles. The standard InChI is InChI=1S/C35H32ClN3O6S/c1-7-15-45-32-24(36)16-22(17-28(32)44-8-2)18-29-34(41)39-31(23-13-14-26(42-5)27(19-23)43-6)30(21(4)37-35(39)46-29)33(40)38-25-12-10-9-11-20(25)3/h1,9-14,16-19,31H,8,15H2,2-6H3,(H,38,40)/b29-18-/t31-/m1/s1. The molecule has 1 aromatic heterocycles. The summed E-state index contributed by atoms with van der Waals surface area (Å²) in [6.07, 6.45) is 7.07. The summed E-state index contributed by atoms with van der Waals surface area (Å²) in [5, 5.41) is 3.30. The Morgan fingerprint density at radius 3 is 2.54 bits per heavy atom. The number of nitrogens with zero attached hydrogens (tertiary/aromatic N) is 2. The summed E-state index contributed by atoms with van der Waals surface area (Å²) in [6.45, 7) is 5.90. The van der Waals surface area contributed by atoms with Crippen LogP contribution in [0.1, 0.15) is 36.6 Å². The van der Waals surface area contributed by atoms with Crippen molar-refractivity contribution in [1.29, 1.82) is 0 Å². The first-order valence-corrected chi connectivity index (χ1v) is 15.5. The molecule has 2 heterocycles. The number of allylic oxidation sites excluding steroid dienone is 1. The zero-order chi connectivity index (χ0) is 33.0. The molecule has 0 fully saturated rings. The second kappa shape index (κ2) is 14.0. The minimum Gasteiger partial charge on any atom is -0.493 e. The number of aromatic nitrogens is 1. The normalized spacial score (nSPS) is 14.2. The van der Waals surface area contributed by atoms with Gasteiger partial charge in [-0.3, -0.25) is 14.2 Å². The molecule has 46 heavy (non-hydrogen) atoms. The summed E-state index contributed by atoms with van der Waals surface area (Å²) in [6, 6.07) is 15.4. The van der Waals surface area contributed by atoms with Crippen molar-refractivity contribution in [2.45, 2.75) is 26.8 Å². The molecule has 1 aliphatic rings. The summed E-state index contributed by atoms with van der Waals surface area (Å²) in [4.78, 5) is 33.4. The number of rotatable bonds is 10. The van der Waals surface area contributed by atoms with Gasteiger partial charge in [0.15, 0.2) is 27.8 Å². The van der Waals surface area contributed by atoms with Crippen molar-refractivity contribution in [2.24, 2.45) is 4.99 Å². The van der Waals surface area contributed by atoms with Gasteiger partial charge in [0, 0.05) is 5.69 Å². The number of hydrogen-bond acceptors (Lipinski definition) is 8. The van der Waals surface area contributed by atoms with E-state index >= 15 is 0 Å². The maximum absolute atomic E-state index is 14.2. The number of carbonyl (C=O) groups is 1. The molecule has 1 atom stereocenters. The Labute approximate surface area is 275 Å². The average Bonchev–Trinajstić information content (AvgIpc) is 3.34. The number of aryl methyl sites for hydroxylation is 1. The number of benzene rings is 3. The Balaban J connectivity index is 1.68. The van der Waals surface area contributed by atoms with E-state index in [1.165, 1.54) is 23.0 Å². The number of terminal acetylenes is 1. The Bertz CT molecular complexity index is 2070. The van der Waals surface area contributed by atoms with Crippen LogP contribution < -0.4 is 39.2 Å². The lowest BCUT2D eigenvalue weighted by Crippen LogP contribution is -2.40. The van der Waals surface area contributed by atoms with E-state index in [1.807, 2.05) is 44.2 Å². The highest BCUT2D eigenvalue weighted by Gasteiger charge is 2.33. The molecule has 11 heteroatoms. The summed E-state index contributed by atoms with van der Waals surface area (Å²) >= 11 is 7.76. The second-order valence-corrected chi connectivity index (χ2v) is 11.6. The van der Waals surface area contributed by atoms with Crippen LogP contribution in [0, 0.1) is 19.3 Å². The lowest BCUT2D eigenvalue weighted by molar-refractivity contribution is -0.113. The highest BCUT2D eigenvalue weighted by Crippen LogP contribution is 2.38. The number of anilines is 1. The van der Waals surface area contributed by atoms with Crippen molar-refractivity contribution in [1.82, 2.24) is 4.57 Å². The van der Waals surface area contributed by atoms with Crippen LogP contribution in [-0.4, -0.2) is 37.9 Å². The maximum atomic E-state index is 14.2. The Morgan fingerprint density at radius 2 is 1.85 bits per heavy atom. The summed E-state index contributed by atoms with van der Waals surface area (Å²) in [5.41, 5.74) is 3.29. The van der Waals surface area contributed by atoms with E-state index in [0.717, 1.165) is 5.56 Å². The molecular weight excluding hydrogens is 626 g/mol. The van der Waals surface area contributed by atoms with E-state index in [-0.39, 0.29) is 23.1 Å². The second-order valence-electron chi connectivity index (χ2n) is 10.2. The van der Waals surface area contributed by atoms with Crippen LogP contribution in [0.25, 0.3) is 6.08 Å². The minimum atomic E-state index is -0.815. The first-order chi connectivity index (χ1) is 22.2. The first kappa shape index (κ1) is 32.4. The van der Waals surface area contributed by atoms with E-state index in [0.29, 0.717) is 67.0 Å². The molecule has 0 bridgehead atoms. The van der Waals surface area contributed by atoms with Crippen LogP contribution >= 0.6 is 22.9 Å². The van der Waals surface area contributed by atoms with E-state index in [2.05, 4.69) is 11.2 Å². The van der Waals surface area contributed by atoms with Crippen LogP contribution in [0.15, 0.2) is 75.7 Å². The lowest BCUT2D eigenvalue weighted by atomic mass is 9.94. The van der Waals surface area contributed by atoms with Crippen molar-refractivity contribution in [3.05, 3.63) is 107 Å². The highest BCUT2D eigenvalue weighted by atomic mass is 35.5. The number of ether oxygens (including phenoxy) is 4. The van der Waals surface area contributed by atoms with Gasteiger partial charge in [0.1, 0.15) is 6.61 Å². The molecule has 0 saturated carbocycles.